The second-order valence-corrected chi connectivity index (χ2v) is 1.31. The van der Waals surface area contributed by atoms with Gasteiger partial charge in [0.05, 0.1) is 0 Å². The molecule has 0 aliphatic rings. The molecule has 9 nitrogen and oxygen atoms in total. The van der Waals surface area contributed by atoms with E-state index in [2.05, 4.69) is 9.47 Å². The van der Waals surface area contributed by atoms with Gasteiger partial charge >= 0.3 is 48.8 Å². The van der Waals surface area contributed by atoms with E-state index in [1.54, 1.807) is 0 Å². The van der Waals surface area contributed by atoms with Gasteiger partial charge in [-0.3, -0.25) is 0 Å². The van der Waals surface area contributed by atoms with E-state index in [1.165, 1.54) is 0 Å². The summed E-state index contributed by atoms with van der Waals surface area (Å²) in [5, 5.41) is 36.8. The first-order chi connectivity index (χ1) is 6.45. The van der Waals surface area contributed by atoms with Gasteiger partial charge in [0.25, 0.3) is 12.5 Å². The molecule has 0 radical (unpaired) electrons. The molecular weight excluding hydrogens is 222 g/mol. The van der Waals surface area contributed by atoms with E-state index >= 15 is 0 Å². The molecule has 0 heterocycles. The Morgan fingerprint density at radius 2 is 1.20 bits per heavy atom. The van der Waals surface area contributed by atoms with E-state index in [-0.39, 0.29) is 29.6 Å². The number of carbonyl (C=O) groups is 2. The van der Waals surface area contributed by atoms with E-state index in [1.807, 2.05) is 0 Å². The van der Waals surface area contributed by atoms with Crippen LogP contribution in [0.15, 0.2) is 0 Å². The Bertz CT molecular complexity index is 253. The Hall–Kier alpha value is -1.14. The Morgan fingerprint density at radius 3 is 1.33 bits per heavy atom. The van der Waals surface area contributed by atoms with Gasteiger partial charge in [0.1, 0.15) is 0 Å². The summed E-state index contributed by atoms with van der Waals surface area (Å²) in [6.45, 7) is 0. The monoisotopic (exact) mass is 226 g/mol. The van der Waals surface area contributed by atoms with Crippen molar-refractivity contribution in [3.8, 4) is 12.5 Å². The molecule has 15 heavy (non-hydrogen) atoms. The summed E-state index contributed by atoms with van der Waals surface area (Å²) in [4.78, 5) is 20.1. The second kappa shape index (κ2) is 12.9. The van der Waals surface area contributed by atoms with Crippen LogP contribution in [0.2, 0.25) is 0 Å². The van der Waals surface area contributed by atoms with Gasteiger partial charge in [-0.25, -0.2) is 9.59 Å². The van der Waals surface area contributed by atoms with Gasteiger partial charge in [-0.2, -0.15) is 0 Å². The van der Waals surface area contributed by atoms with Crippen LogP contribution in [-0.2, 0) is 19.1 Å². The zero-order valence-electron chi connectivity index (χ0n) is 6.45. The zero-order chi connectivity index (χ0) is 11.6. The first kappa shape index (κ1) is 19.4. The Balaban J connectivity index is -0.000000249. The minimum atomic E-state index is -2.17. The van der Waals surface area contributed by atoms with Crippen LogP contribution in [0.3, 0.4) is 0 Å². The summed E-state index contributed by atoms with van der Waals surface area (Å²) in [6.07, 6.45) is 1.89. The summed E-state index contributed by atoms with van der Waals surface area (Å²) < 4.78 is 6.99. The third-order valence-electron chi connectivity index (χ3n) is 0.443. The average molecular weight is 226 g/mol. The molecule has 0 aliphatic heterocycles. The molecule has 0 fully saturated rings. The molecule has 0 aromatic carbocycles. The maximum absolute atomic E-state index is 10.1. The fraction of sp³-hybridized carbons (Fsp3) is 0. The van der Waals surface area contributed by atoms with Crippen molar-refractivity contribution in [3.05, 3.63) is 0 Å². The molecule has 0 unspecified atom stereocenters. The standard InChI is InChI=1S/C4N2O4.BH3O3.Na.H/c5-1-9-3(7)4(8)10-2-6;2-1(3)4;;/h;2-4H;;. The van der Waals surface area contributed by atoms with E-state index in [9.17, 15) is 9.59 Å². The van der Waals surface area contributed by atoms with E-state index in [0.29, 0.717) is 0 Å². The first-order valence-corrected chi connectivity index (χ1v) is 2.70. The second-order valence-electron chi connectivity index (χ2n) is 1.31. The number of hydrogen-bond donors (Lipinski definition) is 3. The minimum absolute atomic E-state index is 0. The molecule has 0 saturated carbocycles. The van der Waals surface area contributed by atoms with Crippen molar-refractivity contribution >= 4 is 48.8 Å². The van der Waals surface area contributed by atoms with Crippen LogP contribution in [-0.4, -0.2) is 63.9 Å². The molecule has 0 amide bonds. The van der Waals surface area contributed by atoms with Crippen LogP contribution in [0, 0.1) is 23.0 Å². The number of nitrogens with zero attached hydrogens (tertiary/aromatic N) is 2. The van der Waals surface area contributed by atoms with Crippen LogP contribution in [0.25, 0.3) is 0 Å². The molecule has 0 aromatic rings. The normalized spacial score (nSPS) is 6.20. The van der Waals surface area contributed by atoms with Crippen molar-refractivity contribution in [2.24, 2.45) is 0 Å². The van der Waals surface area contributed by atoms with Crippen LogP contribution in [0.1, 0.15) is 0 Å². The molecule has 0 saturated heterocycles. The Kier molecular flexibility index (Phi) is 16.7. The third kappa shape index (κ3) is 19.3. The van der Waals surface area contributed by atoms with Crippen molar-refractivity contribution in [1.29, 1.82) is 10.5 Å². The molecule has 0 rings (SSSR count). The summed E-state index contributed by atoms with van der Waals surface area (Å²) in [7, 11) is -2.17. The predicted octanol–water partition coefficient (Wildman–Crippen LogP) is -3.67. The van der Waals surface area contributed by atoms with E-state index < -0.39 is 19.3 Å². The topological polar surface area (TPSA) is 161 Å². The van der Waals surface area contributed by atoms with E-state index in [0.717, 1.165) is 12.5 Å². The predicted molar refractivity (Wildman–Crippen MR) is 43.0 cm³/mol. The molecule has 0 bridgehead atoms. The van der Waals surface area contributed by atoms with Crippen LogP contribution in [0.5, 0.6) is 0 Å². The molecule has 0 atom stereocenters. The van der Waals surface area contributed by atoms with Gasteiger partial charge in [0.2, 0.25) is 0 Å². The number of carbonyl (C=O) groups excluding carboxylic acids is 2. The van der Waals surface area contributed by atoms with Crippen molar-refractivity contribution in [1.82, 2.24) is 0 Å². The number of nitriles is 2. The summed E-state index contributed by atoms with van der Waals surface area (Å²) in [5.41, 5.74) is 0. The molecule has 0 aromatic heterocycles. The number of rotatable bonds is 0. The Labute approximate surface area is 106 Å². The van der Waals surface area contributed by atoms with E-state index in [4.69, 9.17) is 25.6 Å². The van der Waals surface area contributed by atoms with Gasteiger partial charge in [0, 0.05) is 0 Å². The van der Waals surface area contributed by atoms with Crippen molar-refractivity contribution in [2.45, 2.75) is 0 Å². The summed E-state index contributed by atoms with van der Waals surface area (Å²) in [5.74, 6) is -3.02. The third-order valence-corrected chi connectivity index (χ3v) is 0.443. The van der Waals surface area contributed by atoms with Crippen LogP contribution in [0.4, 0.5) is 0 Å². The summed E-state index contributed by atoms with van der Waals surface area (Å²) in [6, 6.07) is 0. The van der Waals surface area contributed by atoms with Crippen molar-refractivity contribution in [2.75, 3.05) is 0 Å². The van der Waals surface area contributed by atoms with Gasteiger partial charge in [-0.1, -0.05) is 0 Å². The number of ether oxygens (including phenoxy) is 2. The molecule has 3 N–H and O–H groups in total. The first-order valence-electron chi connectivity index (χ1n) is 2.70. The molecule has 11 heteroatoms. The van der Waals surface area contributed by atoms with Gasteiger partial charge in [0.15, 0.2) is 0 Å². The Morgan fingerprint density at radius 1 is 1.00 bits per heavy atom. The molecule has 0 aliphatic carbocycles. The van der Waals surface area contributed by atoms with Crippen LogP contribution < -0.4 is 0 Å². The quantitative estimate of drug-likeness (QED) is 0.163. The van der Waals surface area contributed by atoms with Crippen molar-refractivity contribution < 1.29 is 34.1 Å². The average Bonchev–Trinajstić information content (AvgIpc) is 2.04. The van der Waals surface area contributed by atoms with Crippen LogP contribution >= 0.6 is 0 Å². The SMILES string of the molecule is N#COC(=O)C(=O)OC#N.OB(O)O.[NaH]. The zero-order valence-corrected chi connectivity index (χ0v) is 6.45. The summed E-state index contributed by atoms with van der Waals surface area (Å²) >= 11 is 0. The van der Waals surface area contributed by atoms with Gasteiger partial charge in [-0.05, 0) is 0 Å². The molecule has 0 spiro atoms. The molecular formula is C4H4BN2NaO7. The number of esters is 2. The fourth-order valence-electron chi connectivity index (χ4n) is 0.166. The molecule has 76 valence electrons. The fourth-order valence-corrected chi connectivity index (χ4v) is 0.166. The van der Waals surface area contributed by atoms with Gasteiger partial charge in [-0.15, -0.1) is 10.5 Å². The van der Waals surface area contributed by atoms with Crippen molar-refractivity contribution in [3.63, 3.8) is 0 Å². The maximum atomic E-state index is 10.1. The van der Waals surface area contributed by atoms with Gasteiger partial charge < -0.3 is 24.5 Å². The number of hydrogen-bond acceptors (Lipinski definition) is 9.